The molecule has 0 aliphatic carbocycles. The number of ketones is 1. The lowest BCUT2D eigenvalue weighted by Gasteiger charge is -2.13. The lowest BCUT2D eigenvalue weighted by Crippen LogP contribution is -2.15. The second kappa shape index (κ2) is 8.84. The van der Waals surface area contributed by atoms with Gasteiger partial charge in [0.1, 0.15) is 0 Å². The van der Waals surface area contributed by atoms with Gasteiger partial charge < -0.3 is 0 Å². The minimum absolute atomic E-state index is 0.0767. The summed E-state index contributed by atoms with van der Waals surface area (Å²) in [6.45, 7) is 2.53. The van der Waals surface area contributed by atoms with Crippen molar-refractivity contribution in [2.24, 2.45) is 0 Å². The minimum Gasteiger partial charge on any atom is -0.297 e. The van der Waals surface area contributed by atoms with Crippen LogP contribution in [0.5, 0.6) is 0 Å². The Bertz CT molecular complexity index is 1080. The highest BCUT2D eigenvalue weighted by atomic mass is 32.2. The maximum absolute atomic E-state index is 12.8. The first-order valence-corrected chi connectivity index (χ1v) is 10.2. The normalized spacial score (nSPS) is 11.9. The third-order valence-corrected chi connectivity index (χ3v) is 5.61. The first kappa shape index (κ1) is 19.1. The number of rotatable bonds is 7. The Morgan fingerprint density at radius 3 is 2.38 bits per heavy atom. The Morgan fingerprint density at radius 1 is 0.966 bits per heavy atom. The van der Waals surface area contributed by atoms with Gasteiger partial charge in [0.2, 0.25) is 0 Å². The molecular formula is C23H20N4OS. The summed E-state index contributed by atoms with van der Waals surface area (Å²) in [5.41, 5.74) is 2.74. The zero-order valence-corrected chi connectivity index (χ0v) is 16.8. The zero-order chi connectivity index (χ0) is 20.1. The molecule has 2 heterocycles. The van der Waals surface area contributed by atoms with Gasteiger partial charge in [-0.15, -0.1) is 10.2 Å². The van der Waals surface area contributed by atoms with Crippen LogP contribution in [0.15, 0.2) is 90.3 Å². The van der Waals surface area contributed by atoms with Gasteiger partial charge in [-0.3, -0.25) is 14.3 Å². The van der Waals surface area contributed by atoms with Crippen LogP contribution in [0.3, 0.4) is 0 Å². The Hall–Kier alpha value is -3.25. The molecule has 0 radical (unpaired) electrons. The summed E-state index contributed by atoms with van der Waals surface area (Å²) in [5, 5.41) is 9.24. The van der Waals surface area contributed by atoms with Gasteiger partial charge in [0.25, 0.3) is 0 Å². The van der Waals surface area contributed by atoms with Gasteiger partial charge in [0, 0.05) is 23.5 Å². The predicted octanol–water partition coefficient (Wildman–Crippen LogP) is 4.75. The molecule has 0 aliphatic heterocycles. The molecule has 0 bridgehead atoms. The number of benzene rings is 2. The van der Waals surface area contributed by atoms with E-state index >= 15 is 0 Å². The fourth-order valence-electron chi connectivity index (χ4n) is 3.04. The standard InChI is InChI=1S/C23H20N4OS/c1-17(21(28)19-11-6-3-7-12-19)29-23-26-25-22(20-13-8-14-24-15-20)27(23)16-18-9-4-2-5-10-18/h2-15,17H,16H2,1H3/t17-/m1/s1. The summed E-state index contributed by atoms with van der Waals surface area (Å²) in [5.74, 6) is 0.816. The smallest absolute Gasteiger partial charge is 0.192 e. The van der Waals surface area contributed by atoms with Gasteiger partial charge in [-0.05, 0) is 24.6 Å². The van der Waals surface area contributed by atoms with Crippen molar-refractivity contribution in [3.05, 3.63) is 96.3 Å². The predicted molar refractivity (Wildman–Crippen MR) is 115 cm³/mol. The Labute approximate surface area is 173 Å². The number of carbonyl (C=O) groups excluding carboxylic acids is 1. The number of carbonyl (C=O) groups is 1. The highest BCUT2D eigenvalue weighted by molar-refractivity contribution is 8.00. The van der Waals surface area contributed by atoms with Gasteiger partial charge in [-0.25, -0.2) is 0 Å². The van der Waals surface area contributed by atoms with E-state index in [0.29, 0.717) is 17.3 Å². The molecule has 0 spiro atoms. The van der Waals surface area contributed by atoms with Crippen molar-refractivity contribution in [1.82, 2.24) is 19.7 Å². The molecule has 144 valence electrons. The van der Waals surface area contributed by atoms with E-state index in [1.54, 1.807) is 12.4 Å². The van der Waals surface area contributed by atoms with Crippen LogP contribution in [-0.4, -0.2) is 30.8 Å². The summed E-state index contributed by atoms with van der Waals surface area (Å²) in [7, 11) is 0. The molecule has 0 saturated carbocycles. The average Bonchev–Trinajstić information content (AvgIpc) is 3.17. The molecule has 0 fully saturated rings. The van der Waals surface area contributed by atoms with Crippen molar-refractivity contribution >= 4 is 17.5 Å². The molecule has 29 heavy (non-hydrogen) atoms. The van der Waals surface area contributed by atoms with E-state index in [2.05, 4.69) is 27.3 Å². The summed E-state index contributed by atoms with van der Waals surface area (Å²) >= 11 is 1.43. The molecule has 2 aromatic heterocycles. The number of thioether (sulfide) groups is 1. The van der Waals surface area contributed by atoms with Crippen molar-refractivity contribution in [1.29, 1.82) is 0 Å². The fraction of sp³-hybridized carbons (Fsp3) is 0.130. The molecule has 4 rings (SSSR count). The molecule has 6 heteroatoms. The highest BCUT2D eigenvalue weighted by Crippen LogP contribution is 2.29. The number of nitrogens with zero attached hydrogens (tertiary/aromatic N) is 4. The maximum atomic E-state index is 12.8. The second-order valence-corrected chi connectivity index (χ2v) is 7.92. The maximum Gasteiger partial charge on any atom is 0.192 e. The van der Waals surface area contributed by atoms with E-state index in [0.717, 1.165) is 17.0 Å². The van der Waals surface area contributed by atoms with Gasteiger partial charge >= 0.3 is 0 Å². The van der Waals surface area contributed by atoms with E-state index < -0.39 is 0 Å². The number of Topliss-reactive ketones (excluding diaryl/α,β-unsaturated/α-hetero) is 1. The molecule has 0 aliphatic rings. The number of hydrogen-bond donors (Lipinski definition) is 0. The van der Waals surface area contributed by atoms with Crippen LogP contribution in [0.25, 0.3) is 11.4 Å². The number of hydrogen-bond acceptors (Lipinski definition) is 5. The first-order valence-electron chi connectivity index (χ1n) is 9.36. The summed E-state index contributed by atoms with van der Waals surface area (Å²) in [6, 6.07) is 23.3. The highest BCUT2D eigenvalue weighted by Gasteiger charge is 2.22. The first-order chi connectivity index (χ1) is 14.2. The molecule has 0 unspecified atom stereocenters. The summed E-state index contributed by atoms with van der Waals surface area (Å²) < 4.78 is 2.05. The molecule has 0 amide bonds. The van der Waals surface area contributed by atoms with E-state index in [9.17, 15) is 4.79 Å². The van der Waals surface area contributed by atoms with E-state index in [1.807, 2.05) is 72.2 Å². The molecule has 2 aromatic carbocycles. The second-order valence-electron chi connectivity index (χ2n) is 6.61. The van der Waals surface area contributed by atoms with Crippen LogP contribution in [0.1, 0.15) is 22.8 Å². The number of pyridine rings is 1. The van der Waals surface area contributed by atoms with Crippen LogP contribution < -0.4 is 0 Å². The Balaban J connectivity index is 1.66. The molecule has 1 atom stereocenters. The van der Waals surface area contributed by atoms with E-state index in [1.165, 1.54) is 11.8 Å². The SMILES string of the molecule is C[C@@H](Sc1nnc(-c2cccnc2)n1Cc1ccccc1)C(=O)c1ccccc1. The zero-order valence-electron chi connectivity index (χ0n) is 16.0. The van der Waals surface area contributed by atoms with Crippen molar-refractivity contribution < 1.29 is 4.79 Å². The molecular weight excluding hydrogens is 380 g/mol. The van der Waals surface area contributed by atoms with Gasteiger partial charge in [-0.2, -0.15) is 0 Å². The third kappa shape index (κ3) is 4.43. The van der Waals surface area contributed by atoms with E-state index in [-0.39, 0.29) is 11.0 Å². The Kier molecular flexibility index (Phi) is 5.81. The van der Waals surface area contributed by atoms with Crippen LogP contribution in [-0.2, 0) is 6.54 Å². The molecule has 5 nitrogen and oxygen atoms in total. The molecule has 0 saturated heterocycles. The Morgan fingerprint density at radius 2 is 1.69 bits per heavy atom. The van der Waals surface area contributed by atoms with Crippen LogP contribution in [0, 0.1) is 0 Å². The van der Waals surface area contributed by atoms with Gasteiger partial charge in [0.05, 0.1) is 11.8 Å². The lowest BCUT2D eigenvalue weighted by atomic mass is 10.1. The largest absolute Gasteiger partial charge is 0.297 e. The van der Waals surface area contributed by atoms with Crippen molar-refractivity contribution in [3.63, 3.8) is 0 Å². The lowest BCUT2D eigenvalue weighted by molar-refractivity contribution is 0.0994. The van der Waals surface area contributed by atoms with Gasteiger partial charge in [-0.1, -0.05) is 72.4 Å². The van der Waals surface area contributed by atoms with E-state index in [4.69, 9.17) is 0 Å². The van der Waals surface area contributed by atoms with Crippen LogP contribution in [0.2, 0.25) is 0 Å². The minimum atomic E-state index is -0.280. The van der Waals surface area contributed by atoms with Crippen LogP contribution >= 0.6 is 11.8 Å². The molecule has 0 N–H and O–H groups in total. The van der Waals surface area contributed by atoms with Gasteiger partial charge in [0.15, 0.2) is 16.8 Å². The topological polar surface area (TPSA) is 60.7 Å². The van der Waals surface area contributed by atoms with Crippen molar-refractivity contribution in [3.8, 4) is 11.4 Å². The monoisotopic (exact) mass is 400 g/mol. The number of aromatic nitrogens is 4. The summed E-state index contributed by atoms with van der Waals surface area (Å²) in [4.78, 5) is 17.0. The molecule has 4 aromatic rings. The third-order valence-electron chi connectivity index (χ3n) is 4.53. The van der Waals surface area contributed by atoms with Crippen molar-refractivity contribution in [2.75, 3.05) is 0 Å². The quantitative estimate of drug-likeness (QED) is 0.331. The van der Waals surface area contributed by atoms with Crippen molar-refractivity contribution in [2.45, 2.75) is 23.9 Å². The van der Waals surface area contributed by atoms with Crippen LogP contribution in [0.4, 0.5) is 0 Å². The fourth-order valence-corrected chi connectivity index (χ4v) is 3.97. The summed E-state index contributed by atoms with van der Waals surface area (Å²) in [6.07, 6.45) is 3.51. The average molecular weight is 401 g/mol.